The highest BCUT2D eigenvalue weighted by atomic mass is 35.5. The molecule has 0 radical (unpaired) electrons. The fourth-order valence-corrected chi connectivity index (χ4v) is 1.96. The molecule has 8 heteroatoms. The first-order valence-electron chi connectivity index (χ1n) is 6.96. The Bertz CT molecular complexity index is 674. The topological polar surface area (TPSA) is 88.9 Å². The van der Waals surface area contributed by atoms with Gasteiger partial charge in [0.15, 0.2) is 0 Å². The van der Waals surface area contributed by atoms with Crippen LogP contribution in [0.5, 0.6) is 0 Å². The van der Waals surface area contributed by atoms with Gasteiger partial charge in [-0.3, -0.25) is 9.59 Å². The second-order valence-corrected chi connectivity index (χ2v) is 4.69. The highest BCUT2D eigenvalue weighted by molar-refractivity contribution is 5.85. The molecular weight excluding hydrogens is 306 g/mol. The summed E-state index contributed by atoms with van der Waals surface area (Å²) in [4.78, 5) is 23.8. The summed E-state index contributed by atoms with van der Waals surface area (Å²) in [6.45, 7) is 1.71. The molecule has 2 rings (SSSR count). The summed E-state index contributed by atoms with van der Waals surface area (Å²) < 4.78 is 1.23. The molecule has 1 heterocycles. The summed E-state index contributed by atoms with van der Waals surface area (Å²) in [5.74, 6) is -0.0899. The number of nitrogens with one attached hydrogen (secondary N) is 2. The van der Waals surface area contributed by atoms with Gasteiger partial charge in [-0.25, -0.2) is 4.68 Å². The predicted molar refractivity (Wildman–Crippen MR) is 87.2 cm³/mol. The molecule has 0 aliphatic carbocycles. The number of carbonyl (C=O) groups is 1. The number of benzene rings is 1. The number of aromatic nitrogens is 3. The molecule has 22 heavy (non-hydrogen) atoms. The van der Waals surface area contributed by atoms with E-state index in [2.05, 4.69) is 20.9 Å². The predicted octanol–water partition coefficient (Wildman–Crippen LogP) is 0.329. The van der Waals surface area contributed by atoms with E-state index < -0.39 is 0 Å². The zero-order chi connectivity index (χ0) is 15.1. The molecule has 1 aromatic carbocycles. The van der Waals surface area contributed by atoms with Crippen LogP contribution in [-0.4, -0.2) is 41.0 Å². The van der Waals surface area contributed by atoms with E-state index in [1.807, 2.05) is 7.05 Å². The number of hydrogen-bond acceptors (Lipinski definition) is 5. The van der Waals surface area contributed by atoms with Gasteiger partial charge in [0.05, 0.1) is 11.9 Å². The third-order valence-corrected chi connectivity index (χ3v) is 3.11. The number of halogens is 1. The normalized spacial score (nSPS) is 10.2. The molecule has 1 amide bonds. The third kappa shape index (κ3) is 4.78. The smallest absolute Gasteiger partial charge is 0.277 e. The van der Waals surface area contributed by atoms with Gasteiger partial charge in [-0.2, -0.15) is 0 Å². The van der Waals surface area contributed by atoms with Crippen molar-refractivity contribution in [3.05, 3.63) is 34.6 Å². The number of amides is 1. The molecule has 0 aliphatic rings. The van der Waals surface area contributed by atoms with Crippen molar-refractivity contribution in [3.8, 4) is 0 Å². The number of aryl methyl sites for hydroxylation is 1. The lowest BCUT2D eigenvalue weighted by atomic mass is 10.2. The number of fused-ring (bicyclic) bond motifs is 1. The monoisotopic (exact) mass is 325 g/mol. The van der Waals surface area contributed by atoms with Crippen LogP contribution in [0.25, 0.3) is 10.9 Å². The van der Waals surface area contributed by atoms with Gasteiger partial charge in [-0.1, -0.05) is 17.3 Å². The Morgan fingerprint density at radius 3 is 2.82 bits per heavy atom. The summed E-state index contributed by atoms with van der Waals surface area (Å²) >= 11 is 0. The third-order valence-electron chi connectivity index (χ3n) is 3.11. The summed E-state index contributed by atoms with van der Waals surface area (Å²) in [6.07, 6.45) is 1.09. The molecule has 0 saturated heterocycles. The first-order valence-corrected chi connectivity index (χ1v) is 6.96. The van der Waals surface area contributed by atoms with Gasteiger partial charge in [0, 0.05) is 13.0 Å². The Labute approximate surface area is 134 Å². The van der Waals surface area contributed by atoms with Gasteiger partial charge >= 0.3 is 0 Å². The first kappa shape index (κ1) is 18.1. The maximum absolute atomic E-state index is 12.2. The average Bonchev–Trinajstić information content (AvgIpc) is 2.51. The van der Waals surface area contributed by atoms with E-state index in [0.717, 1.165) is 13.0 Å². The van der Waals surface area contributed by atoms with Crippen LogP contribution in [0, 0.1) is 0 Å². The Hall–Kier alpha value is -1.99. The van der Waals surface area contributed by atoms with E-state index in [9.17, 15) is 9.59 Å². The SMILES string of the molecule is CNCCCNC(=O)CCn1nnc2ccccc2c1=O.Cl. The molecule has 2 aromatic rings. The summed E-state index contributed by atoms with van der Waals surface area (Å²) in [6, 6.07) is 7.03. The maximum Gasteiger partial charge on any atom is 0.277 e. The number of carbonyl (C=O) groups excluding carboxylic acids is 1. The molecule has 1 aromatic heterocycles. The van der Waals surface area contributed by atoms with Crippen molar-refractivity contribution in [2.24, 2.45) is 0 Å². The zero-order valence-corrected chi connectivity index (χ0v) is 13.2. The van der Waals surface area contributed by atoms with Crippen molar-refractivity contribution in [3.63, 3.8) is 0 Å². The molecule has 120 valence electrons. The van der Waals surface area contributed by atoms with Crippen molar-refractivity contribution in [1.82, 2.24) is 25.6 Å². The molecule has 0 aliphatic heterocycles. The number of hydrogen-bond donors (Lipinski definition) is 2. The molecule has 0 fully saturated rings. The van der Waals surface area contributed by atoms with E-state index in [1.54, 1.807) is 24.3 Å². The molecule has 0 saturated carbocycles. The van der Waals surface area contributed by atoms with Crippen LogP contribution in [0.15, 0.2) is 29.1 Å². The quantitative estimate of drug-likeness (QED) is 0.716. The average molecular weight is 326 g/mol. The second kappa shape index (κ2) is 9.11. The molecule has 0 spiro atoms. The second-order valence-electron chi connectivity index (χ2n) is 4.69. The van der Waals surface area contributed by atoms with Crippen LogP contribution in [-0.2, 0) is 11.3 Å². The largest absolute Gasteiger partial charge is 0.356 e. The van der Waals surface area contributed by atoms with Gasteiger partial charge in [-0.15, -0.1) is 17.5 Å². The fourth-order valence-electron chi connectivity index (χ4n) is 1.96. The Morgan fingerprint density at radius 1 is 1.27 bits per heavy atom. The Balaban J connectivity index is 0.00000242. The van der Waals surface area contributed by atoms with E-state index in [-0.39, 0.29) is 36.8 Å². The van der Waals surface area contributed by atoms with Crippen molar-refractivity contribution in [2.45, 2.75) is 19.4 Å². The van der Waals surface area contributed by atoms with E-state index in [0.29, 0.717) is 17.4 Å². The van der Waals surface area contributed by atoms with Gasteiger partial charge < -0.3 is 10.6 Å². The minimum Gasteiger partial charge on any atom is -0.356 e. The van der Waals surface area contributed by atoms with Crippen LogP contribution in [0.1, 0.15) is 12.8 Å². The van der Waals surface area contributed by atoms with Gasteiger partial charge in [0.1, 0.15) is 5.52 Å². The fraction of sp³-hybridized carbons (Fsp3) is 0.429. The van der Waals surface area contributed by atoms with Crippen LogP contribution in [0.4, 0.5) is 0 Å². The molecule has 7 nitrogen and oxygen atoms in total. The zero-order valence-electron chi connectivity index (χ0n) is 12.4. The highest BCUT2D eigenvalue weighted by Gasteiger charge is 2.07. The lowest BCUT2D eigenvalue weighted by Gasteiger charge is -2.06. The van der Waals surface area contributed by atoms with E-state index >= 15 is 0 Å². The maximum atomic E-state index is 12.2. The molecule has 0 atom stereocenters. The number of nitrogens with zero attached hydrogens (tertiary/aromatic N) is 3. The van der Waals surface area contributed by atoms with Crippen LogP contribution in [0.3, 0.4) is 0 Å². The van der Waals surface area contributed by atoms with E-state index in [4.69, 9.17) is 0 Å². The van der Waals surface area contributed by atoms with Crippen LogP contribution >= 0.6 is 12.4 Å². The lowest BCUT2D eigenvalue weighted by Crippen LogP contribution is -2.30. The van der Waals surface area contributed by atoms with Crippen LogP contribution in [0.2, 0.25) is 0 Å². The summed E-state index contributed by atoms with van der Waals surface area (Å²) in [5, 5.41) is 14.2. The standard InChI is InChI=1S/C14H19N5O2.ClH/c1-15-8-4-9-16-13(20)7-10-19-14(21)11-5-2-3-6-12(11)17-18-19;/h2-3,5-6,15H,4,7-10H2,1H3,(H,16,20);1H. The highest BCUT2D eigenvalue weighted by Crippen LogP contribution is 2.03. The van der Waals surface area contributed by atoms with Crippen LogP contribution < -0.4 is 16.2 Å². The molecule has 0 bridgehead atoms. The molecule has 0 unspecified atom stereocenters. The van der Waals surface area contributed by atoms with Gasteiger partial charge in [0.2, 0.25) is 5.91 Å². The Kier molecular flexibility index (Phi) is 7.48. The first-order chi connectivity index (χ1) is 10.2. The minimum atomic E-state index is -0.219. The van der Waals surface area contributed by atoms with Crippen molar-refractivity contribution in [1.29, 1.82) is 0 Å². The van der Waals surface area contributed by atoms with Crippen molar-refractivity contribution < 1.29 is 4.79 Å². The van der Waals surface area contributed by atoms with Crippen molar-refractivity contribution >= 4 is 29.2 Å². The van der Waals surface area contributed by atoms with Gasteiger partial charge in [0.25, 0.3) is 5.56 Å². The molecular formula is C14H20ClN5O2. The molecule has 2 N–H and O–H groups in total. The van der Waals surface area contributed by atoms with Gasteiger partial charge in [-0.05, 0) is 32.1 Å². The lowest BCUT2D eigenvalue weighted by molar-refractivity contribution is -0.121. The van der Waals surface area contributed by atoms with E-state index in [1.165, 1.54) is 4.68 Å². The summed E-state index contributed by atoms with van der Waals surface area (Å²) in [5.41, 5.74) is 0.346. The Morgan fingerprint density at radius 2 is 2.05 bits per heavy atom. The number of rotatable bonds is 7. The summed E-state index contributed by atoms with van der Waals surface area (Å²) in [7, 11) is 1.87. The van der Waals surface area contributed by atoms with Crippen molar-refractivity contribution in [2.75, 3.05) is 20.1 Å². The minimum absolute atomic E-state index is 0.